The number of aryl methyl sites for hydroxylation is 1. The van der Waals surface area contributed by atoms with E-state index < -0.39 is 14.9 Å². The molecule has 0 N–H and O–H groups in total. The molecule has 8 heteroatoms. The van der Waals surface area contributed by atoms with Gasteiger partial charge in [-0.15, -0.1) is 0 Å². The van der Waals surface area contributed by atoms with Gasteiger partial charge in [-0.2, -0.15) is 0 Å². The van der Waals surface area contributed by atoms with Crippen molar-refractivity contribution in [2.75, 3.05) is 17.5 Å². The summed E-state index contributed by atoms with van der Waals surface area (Å²) in [6, 6.07) is 10.3. The van der Waals surface area contributed by atoms with Gasteiger partial charge in [0.15, 0.2) is 0 Å². The van der Waals surface area contributed by atoms with Crippen LogP contribution in [0.4, 0.5) is 11.4 Å². The van der Waals surface area contributed by atoms with Crippen molar-refractivity contribution in [1.29, 1.82) is 0 Å². The fraction of sp³-hybridized carbons (Fsp3) is 0.200. The van der Waals surface area contributed by atoms with Crippen molar-refractivity contribution in [3.05, 3.63) is 58.1 Å². The van der Waals surface area contributed by atoms with Gasteiger partial charge in [-0.1, -0.05) is 12.1 Å². The Morgan fingerprint density at radius 1 is 1.22 bits per heavy atom. The Balaban J connectivity index is 2.10. The second-order valence-electron chi connectivity index (χ2n) is 5.15. The third-order valence-electron chi connectivity index (χ3n) is 3.55. The van der Waals surface area contributed by atoms with Gasteiger partial charge in [-0.25, -0.2) is 8.42 Å². The zero-order valence-corrected chi connectivity index (χ0v) is 13.1. The highest BCUT2D eigenvalue weighted by Gasteiger charge is 2.31. The van der Waals surface area contributed by atoms with Crippen LogP contribution in [-0.2, 0) is 10.0 Å². The lowest BCUT2D eigenvalue weighted by Gasteiger charge is -2.30. The number of nitro groups is 1. The smallest absolute Gasteiger partial charge is 0.270 e. The normalized spacial score (nSPS) is 14.0. The minimum absolute atomic E-state index is 0.110. The van der Waals surface area contributed by atoms with E-state index in [0.717, 1.165) is 11.6 Å². The first-order valence-corrected chi connectivity index (χ1v) is 8.34. The summed E-state index contributed by atoms with van der Waals surface area (Å²) in [5.74, 6) is 0.482. The molecule has 0 aliphatic carbocycles. The highest BCUT2D eigenvalue weighted by Crippen LogP contribution is 2.36. The molecular weight excluding hydrogens is 320 g/mol. The molecule has 0 fully saturated rings. The Bertz CT molecular complexity index is 879. The zero-order chi connectivity index (χ0) is 16.6. The average molecular weight is 334 g/mol. The SMILES string of the molecule is Cc1ccc2c(c1)N(S(=O)(=O)c1cccc([N+](=O)[O-])c1)CCO2. The lowest BCUT2D eigenvalue weighted by atomic mass is 10.2. The van der Waals surface area contributed by atoms with Crippen molar-refractivity contribution < 1.29 is 18.1 Å². The maximum absolute atomic E-state index is 12.9. The van der Waals surface area contributed by atoms with Gasteiger partial charge in [0.05, 0.1) is 22.1 Å². The van der Waals surface area contributed by atoms with Crippen LogP contribution in [0.25, 0.3) is 0 Å². The van der Waals surface area contributed by atoms with Crippen molar-refractivity contribution in [3.8, 4) is 5.75 Å². The predicted octanol–water partition coefficient (Wildman–Crippen LogP) is 2.49. The van der Waals surface area contributed by atoms with E-state index >= 15 is 0 Å². The van der Waals surface area contributed by atoms with E-state index in [4.69, 9.17) is 4.74 Å². The molecule has 7 nitrogen and oxygen atoms in total. The number of nitrogens with zero attached hydrogens (tertiary/aromatic N) is 2. The van der Waals surface area contributed by atoms with Crippen LogP contribution in [0, 0.1) is 17.0 Å². The molecule has 0 bridgehead atoms. The van der Waals surface area contributed by atoms with Crippen molar-refractivity contribution in [2.24, 2.45) is 0 Å². The molecule has 1 heterocycles. The minimum Gasteiger partial charge on any atom is -0.489 e. The molecule has 0 saturated heterocycles. The molecule has 0 amide bonds. The monoisotopic (exact) mass is 334 g/mol. The second kappa shape index (κ2) is 5.54. The predicted molar refractivity (Wildman–Crippen MR) is 84.3 cm³/mol. The van der Waals surface area contributed by atoms with Crippen LogP contribution in [0.15, 0.2) is 47.4 Å². The molecule has 23 heavy (non-hydrogen) atoms. The van der Waals surface area contributed by atoms with Crippen LogP contribution in [-0.4, -0.2) is 26.5 Å². The van der Waals surface area contributed by atoms with E-state index in [0.29, 0.717) is 11.4 Å². The van der Waals surface area contributed by atoms with E-state index in [9.17, 15) is 18.5 Å². The number of hydrogen-bond acceptors (Lipinski definition) is 5. The molecule has 2 aromatic rings. The van der Waals surface area contributed by atoms with Gasteiger partial charge in [0.1, 0.15) is 12.4 Å². The number of benzene rings is 2. The number of nitro benzene ring substituents is 1. The summed E-state index contributed by atoms with van der Waals surface area (Å²) >= 11 is 0. The summed E-state index contributed by atoms with van der Waals surface area (Å²) in [4.78, 5) is 10.2. The molecule has 2 aromatic carbocycles. The summed E-state index contributed by atoms with van der Waals surface area (Å²) in [5.41, 5.74) is 1.08. The Kier molecular flexibility index (Phi) is 3.69. The number of fused-ring (bicyclic) bond motifs is 1. The lowest BCUT2D eigenvalue weighted by Crippen LogP contribution is -2.38. The van der Waals surface area contributed by atoms with E-state index in [-0.39, 0.29) is 23.7 Å². The average Bonchev–Trinajstić information content (AvgIpc) is 2.54. The topological polar surface area (TPSA) is 89.8 Å². The highest BCUT2D eigenvalue weighted by atomic mass is 32.2. The first-order valence-electron chi connectivity index (χ1n) is 6.90. The maximum Gasteiger partial charge on any atom is 0.270 e. The molecule has 1 aliphatic rings. The largest absolute Gasteiger partial charge is 0.489 e. The van der Waals surface area contributed by atoms with Gasteiger partial charge in [0.2, 0.25) is 0 Å². The molecule has 3 rings (SSSR count). The van der Waals surface area contributed by atoms with Crippen LogP contribution >= 0.6 is 0 Å². The summed E-state index contributed by atoms with van der Waals surface area (Å²) in [6.07, 6.45) is 0. The highest BCUT2D eigenvalue weighted by molar-refractivity contribution is 7.92. The number of hydrogen-bond donors (Lipinski definition) is 0. The van der Waals surface area contributed by atoms with Gasteiger partial charge in [0.25, 0.3) is 15.7 Å². The van der Waals surface area contributed by atoms with Crippen molar-refractivity contribution in [3.63, 3.8) is 0 Å². The molecule has 0 aromatic heterocycles. The zero-order valence-electron chi connectivity index (χ0n) is 12.3. The molecule has 0 atom stereocenters. The van der Waals surface area contributed by atoms with E-state index in [1.54, 1.807) is 12.1 Å². The third kappa shape index (κ3) is 2.72. The van der Waals surface area contributed by atoms with Gasteiger partial charge in [0, 0.05) is 12.1 Å². The first kappa shape index (κ1) is 15.3. The molecule has 0 unspecified atom stereocenters. The number of ether oxygens (including phenoxy) is 1. The summed E-state index contributed by atoms with van der Waals surface area (Å²) < 4.78 is 32.5. The standard InChI is InChI=1S/C15H14N2O5S/c1-11-5-6-15-14(9-11)16(7-8-22-15)23(20,21)13-4-2-3-12(10-13)17(18)19/h2-6,9-10H,7-8H2,1H3. The molecule has 120 valence electrons. The fourth-order valence-electron chi connectivity index (χ4n) is 2.44. The molecule has 0 saturated carbocycles. The Hall–Kier alpha value is -2.61. The Labute approximate surface area is 133 Å². The van der Waals surface area contributed by atoms with Crippen LogP contribution in [0.1, 0.15) is 5.56 Å². The summed E-state index contributed by atoms with van der Waals surface area (Å²) in [7, 11) is -3.90. The van der Waals surface area contributed by atoms with Gasteiger partial charge >= 0.3 is 0 Å². The fourth-order valence-corrected chi connectivity index (χ4v) is 3.93. The van der Waals surface area contributed by atoms with Crippen LogP contribution < -0.4 is 9.04 Å². The molecular formula is C15H14N2O5S. The Morgan fingerprint density at radius 3 is 2.74 bits per heavy atom. The van der Waals surface area contributed by atoms with Crippen molar-refractivity contribution in [2.45, 2.75) is 11.8 Å². The number of non-ortho nitro benzene ring substituents is 1. The lowest BCUT2D eigenvalue weighted by molar-refractivity contribution is -0.385. The van der Waals surface area contributed by atoms with Gasteiger partial charge in [-0.05, 0) is 30.7 Å². The molecule has 1 aliphatic heterocycles. The van der Waals surface area contributed by atoms with Crippen LogP contribution in [0.5, 0.6) is 5.75 Å². The minimum atomic E-state index is -3.90. The second-order valence-corrected chi connectivity index (χ2v) is 7.01. The van der Waals surface area contributed by atoms with E-state index in [1.807, 2.05) is 13.0 Å². The summed E-state index contributed by atoms with van der Waals surface area (Å²) in [6.45, 7) is 2.23. The van der Waals surface area contributed by atoms with Crippen LogP contribution in [0.3, 0.4) is 0 Å². The van der Waals surface area contributed by atoms with Gasteiger partial charge in [-0.3, -0.25) is 14.4 Å². The Morgan fingerprint density at radius 2 is 2.00 bits per heavy atom. The number of anilines is 1. The first-order chi connectivity index (χ1) is 10.9. The quantitative estimate of drug-likeness (QED) is 0.635. The summed E-state index contributed by atoms with van der Waals surface area (Å²) in [5, 5.41) is 10.9. The third-order valence-corrected chi connectivity index (χ3v) is 5.36. The number of sulfonamides is 1. The maximum atomic E-state index is 12.9. The van der Waals surface area contributed by atoms with Gasteiger partial charge < -0.3 is 4.74 Å². The van der Waals surface area contributed by atoms with E-state index in [1.165, 1.54) is 22.5 Å². The number of rotatable bonds is 3. The molecule has 0 radical (unpaired) electrons. The van der Waals surface area contributed by atoms with E-state index in [2.05, 4.69) is 0 Å². The van der Waals surface area contributed by atoms with Crippen molar-refractivity contribution >= 4 is 21.4 Å². The van der Waals surface area contributed by atoms with Crippen LogP contribution in [0.2, 0.25) is 0 Å². The van der Waals surface area contributed by atoms with Crippen molar-refractivity contribution in [1.82, 2.24) is 0 Å². The molecule has 0 spiro atoms.